The van der Waals surface area contributed by atoms with Crippen LogP contribution in [0.5, 0.6) is 0 Å². The number of hydrogen-bond donors (Lipinski definition) is 0. The van der Waals surface area contributed by atoms with E-state index in [9.17, 15) is 0 Å². The molecule has 0 aliphatic carbocycles. The van der Waals surface area contributed by atoms with Crippen LogP contribution in [0, 0.1) is 0 Å². The first-order valence-electron chi connectivity index (χ1n) is 5.72. The monoisotopic (exact) mass is 334 g/mol. The van der Waals surface area contributed by atoms with E-state index in [-0.39, 0.29) is 0 Å². The topological polar surface area (TPSA) is 16.1 Å². The van der Waals surface area contributed by atoms with Gasteiger partial charge in [-0.05, 0) is 28.9 Å². The van der Waals surface area contributed by atoms with Gasteiger partial charge in [0.15, 0.2) is 0 Å². The van der Waals surface area contributed by atoms with Gasteiger partial charge in [-0.25, -0.2) is 4.98 Å². The third-order valence-corrected chi connectivity index (χ3v) is 5.27. The van der Waals surface area contributed by atoms with Crippen molar-refractivity contribution < 1.29 is 0 Å². The molecule has 2 rings (SSSR count). The van der Waals surface area contributed by atoms with Crippen LogP contribution in [0.25, 0.3) is 0 Å². The summed E-state index contributed by atoms with van der Waals surface area (Å²) in [6, 6.07) is 2.57. The van der Waals surface area contributed by atoms with E-state index in [1.807, 2.05) is 18.0 Å². The van der Waals surface area contributed by atoms with Gasteiger partial charge in [0.05, 0.1) is 5.88 Å². The van der Waals surface area contributed by atoms with Crippen molar-refractivity contribution >= 4 is 45.1 Å². The van der Waals surface area contributed by atoms with E-state index in [0.29, 0.717) is 17.2 Å². The third kappa shape index (κ3) is 2.91. The molecule has 94 valence electrons. The third-order valence-electron chi connectivity index (χ3n) is 3.21. The van der Waals surface area contributed by atoms with Crippen molar-refractivity contribution in [2.45, 2.75) is 31.0 Å². The highest BCUT2D eigenvalue weighted by atomic mass is 79.9. The van der Waals surface area contributed by atoms with Gasteiger partial charge in [-0.1, -0.05) is 6.92 Å². The molecule has 1 aliphatic heterocycles. The number of hydrogen-bond acceptors (Lipinski definition) is 3. The molecule has 0 N–H and O–H groups in total. The van der Waals surface area contributed by atoms with E-state index >= 15 is 0 Å². The number of thioether (sulfide) groups is 1. The molecule has 1 saturated heterocycles. The first-order chi connectivity index (χ1) is 8.13. The maximum absolute atomic E-state index is 6.01. The highest BCUT2D eigenvalue weighted by molar-refractivity contribution is 9.10. The van der Waals surface area contributed by atoms with Crippen molar-refractivity contribution in [3.8, 4) is 0 Å². The van der Waals surface area contributed by atoms with Gasteiger partial charge in [-0.3, -0.25) is 0 Å². The maximum Gasteiger partial charge on any atom is 0.133 e. The lowest BCUT2D eigenvalue weighted by Gasteiger charge is -2.39. The molecule has 1 aromatic rings. The highest BCUT2D eigenvalue weighted by Gasteiger charge is 2.27. The Labute approximate surface area is 120 Å². The Kier molecular flexibility index (Phi) is 4.61. The zero-order valence-corrected chi connectivity index (χ0v) is 13.1. The van der Waals surface area contributed by atoms with Crippen LogP contribution in [0.3, 0.4) is 0 Å². The Morgan fingerprint density at radius 2 is 2.35 bits per heavy atom. The normalized spacial score (nSPS) is 25.1. The Morgan fingerprint density at radius 1 is 1.59 bits per heavy atom. The first kappa shape index (κ1) is 13.5. The summed E-state index contributed by atoms with van der Waals surface area (Å²) in [4.78, 5) is 6.92. The quantitative estimate of drug-likeness (QED) is 0.762. The number of nitrogens with zero attached hydrogens (tertiary/aromatic N) is 2. The number of halogens is 2. The molecule has 1 fully saturated rings. The fourth-order valence-corrected chi connectivity index (χ4v) is 3.74. The van der Waals surface area contributed by atoms with Crippen molar-refractivity contribution in [1.29, 1.82) is 0 Å². The molecule has 0 radical (unpaired) electrons. The summed E-state index contributed by atoms with van der Waals surface area (Å²) in [6.07, 6.45) is 1.85. The summed E-state index contributed by atoms with van der Waals surface area (Å²) in [6.45, 7) is 5.59. The molecular formula is C12H16BrClN2S. The molecule has 2 unspecified atom stereocenters. The predicted octanol–water partition coefficient (Wildman–Crippen LogP) is 3.91. The Balaban J connectivity index is 2.32. The standard InChI is InChI=1S/C12H16BrClN2S/c1-8-9(2)17-4-3-16(8)12-10(6-14)5-11(13)7-15-12/h5,7-9H,3-4,6H2,1-2H3. The second kappa shape index (κ2) is 5.81. The van der Waals surface area contributed by atoms with Crippen molar-refractivity contribution in [2.75, 3.05) is 17.2 Å². The minimum atomic E-state index is 0.504. The van der Waals surface area contributed by atoms with Crippen LogP contribution >= 0.6 is 39.3 Å². The molecule has 17 heavy (non-hydrogen) atoms. The molecule has 1 aliphatic rings. The Hall–Kier alpha value is 0.0700. The van der Waals surface area contributed by atoms with Gasteiger partial charge in [0.1, 0.15) is 5.82 Å². The summed E-state index contributed by atoms with van der Waals surface area (Å²) in [5, 5.41) is 0.636. The Bertz CT molecular complexity index is 402. The average molecular weight is 336 g/mol. The smallest absolute Gasteiger partial charge is 0.133 e. The average Bonchev–Trinajstić information content (AvgIpc) is 2.33. The van der Waals surface area contributed by atoms with Crippen molar-refractivity contribution in [1.82, 2.24) is 4.98 Å². The summed E-state index contributed by atoms with van der Waals surface area (Å²) in [7, 11) is 0. The molecule has 0 bridgehead atoms. The van der Waals surface area contributed by atoms with Gasteiger partial charge < -0.3 is 4.90 Å². The second-order valence-electron chi connectivity index (χ2n) is 4.28. The molecule has 2 nitrogen and oxygen atoms in total. The van der Waals surface area contributed by atoms with E-state index < -0.39 is 0 Å². The summed E-state index contributed by atoms with van der Waals surface area (Å²) in [5.41, 5.74) is 1.10. The lowest BCUT2D eigenvalue weighted by Crippen LogP contribution is -2.45. The summed E-state index contributed by atoms with van der Waals surface area (Å²) >= 11 is 11.5. The van der Waals surface area contributed by atoms with Crippen molar-refractivity contribution in [3.05, 3.63) is 22.3 Å². The van der Waals surface area contributed by atoms with Gasteiger partial charge in [0.25, 0.3) is 0 Å². The number of anilines is 1. The minimum absolute atomic E-state index is 0.504. The molecule has 2 heterocycles. The molecular weight excluding hydrogens is 320 g/mol. The van der Waals surface area contributed by atoms with E-state index in [1.54, 1.807) is 0 Å². The summed E-state index contributed by atoms with van der Waals surface area (Å²) in [5.74, 6) is 2.71. The number of pyridine rings is 1. The molecule has 2 atom stereocenters. The fourth-order valence-electron chi connectivity index (χ4n) is 2.06. The zero-order chi connectivity index (χ0) is 12.4. The van der Waals surface area contributed by atoms with Crippen LogP contribution in [0.15, 0.2) is 16.7 Å². The number of alkyl halides is 1. The number of aromatic nitrogens is 1. The second-order valence-corrected chi connectivity index (χ2v) is 6.95. The molecule has 5 heteroatoms. The van der Waals surface area contributed by atoms with Gasteiger partial charge in [0.2, 0.25) is 0 Å². The van der Waals surface area contributed by atoms with Gasteiger partial charge in [0, 0.05) is 39.8 Å². The zero-order valence-electron chi connectivity index (χ0n) is 9.99. The lowest BCUT2D eigenvalue weighted by atomic mass is 10.1. The molecule has 1 aromatic heterocycles. The fraction of sp³-hybridized carbons (Fsp3) is 0.583. The van der Waals surface area contributed by atoms with E-state index in [2.05, 4.69) is 45.7 Å². The van der Waals surface area contributed by atoms with Crippen molar-refractivity contribution in [2.24, 2.45) is 0 Å². The molecule has 0 amide bonds. The van der Waals surface area contributed by atoms with Crippen LogP contribution in [0.4, 0.5) is 5.82 Å². The largest absolute Gasteiger partial charge is 0.352 e. The maximum atomic E-state index is 6.01. The van der Waals surface area contributed by atoms with Gasteiger partial charge >= 0.3 is 0 Å². The van der Waals surface area contributed by atoms with Crippen LogP contribution in [0.2, 0.25) is 0 Å². The minimum Gasteiger partial charge on any atom is -0.352 e. The van der Waals surface area contributed by atoms with Crippen molar-refractivity contribution in [3.63, 3.8) is 0 Å². The highest BCUT2D eigenvalue weighted by Crippen LogP contribution is 2.31. The van der Waals surface area contributed by atoms with E-state index in [1.165, 1.54) is 0 Å². The molecule has 0 saturated carbocycles. The first-order valence-corrected chi connectivity index (χ1v) is 8.09. The van der Waals surface area contributed by atoms with E-state index in [0.717, 1.165) is 28.2 Å². The Morgan fingerprint density at radius 3 is 3.06 bits per heavy atom. The van der Waals surface area contributed by atoms with Crippen LogP contribution < -0.4 is 4.90 Å². The van der Waals surface area contributed by atoms with Gasteiger partial charge in [-0.15, -0.1) is 11.6 Å². The number of rotatable bonds is 2. The molecule has 0 aromatic carbocycles. The summed E-state index contributed by atoms with van der Waals surface area (Å²) < 4.78 is 0.990. The SMILES string of the molecule is CC1SCCN(c2ncc(Br)cc2CCl)C1C. The van der Waals surface area contributed by atoms with Crippen LogP contribution in [0.1, 0.15) is 19.4 Å². The van der Waals surface area contributed by atoms with E-state index in [4.69, 9.17) is 11.6 Å². The van der Waals surface area contributed by atoms with Crippen LogP contribution in [-0.2, 0) is 5.88 Å². The van der Waals surface area contributed by atoms with Gasteiger partial charge in [-0.2, -0.15) is 11.8 Å². The van der Waals surface area contributed by atoms with Crippen LogP contribution in [-0.4, -0.2) is 28.6 Å². The molecule has 0 spiro atoms. The lowest BCUT2D eigenvalue weighted by molar-refractivity contribution is 0.618. The predicted molar refractivity (Wildman–Crippen MR) is 80.2 cm³/mol.